The van der Waals surface area contributed by atoms with Gasteiger partial charge in [-0.2, -0.15) is 0 Å². The fourth-order valence-corrected chi connectivity index (χ4v) is 6.82. The third kappa shape index (κ3) is 6.54. The first-order valence-electron chi connectivity index (χ1n) is 17.0. The van der Waals surface area contributed by atoms with Crippen LogP contribution in [0.25, 0.3) is 54.3 Å². The Labute approximate surface area is 251 Å². The van der Waals surface area contributed by atoms with Gasteiger partial charge in [-0.3, -0.25) is 0 Å². The second-order valence-corrected chi connectivity index (χ2v) is 12.6. The molecule has 0 N–H and O–H groups in total. The van der Waals surface area contributed by atoms with Gasteiger partial charge in [0.25, 0.3) is 0 Å². The van der Waals surface area contributed by atoms with E-state index in [9.17, 15) is 0 Å². The van der Waals surface area contributed by atoms with E-state index in [2.05, 4.69) is 74.5 Å². The fourth-order valence-electron chi connectivity index (χ4n) is 6.82. The predicted molar refractivity (Wildman–Crippen MR) is 182 cm³/mol. The van der Waals surface area contributed by atoms with Crippen molar-refractivity contribution in [1.82, 2.24) is 0 Å². The molecule has 6 rings (SSSR count). The van der Waals surface area contributed by atoms with Gasteiger partial charge in [0.15, 0.2) is 0 Å². The third-order valence-corrected chi connectivity index (χ3v) is 9.26. The van der Waals surface area contributed by atoms with Gasteiger partial charge in [0.2, 0.25) is 0 Å². The first-order valence-corrected chi connectivity index (χ1v) is 17.0. The van der Waals surface area contributed by atoms with Crippen LogP contribution in [0.4, 0.5) is 0 Å². The summed E-state index contributed by atoms with van der Waals surface area (Å²) in [5.41, 5.74) is 2.01. The summed E-state index contributed by atoms with van der Waals surface area (Å²) in [6, 6.07) is 22.8. The van der Waals surface area contributed by atoms with Crippen LogP contribution >= 0.6 is 0 Å². The number of hydrogen-bond donors (Lipinski definition) is 0. The van der Waals surface area contributed by atoms with E-state index in [4.69, 9.17) is 8.83 Å². The topological polar surface area (TPSA) is 26.3 Å². The molecule has 0 fully saturated rings. The second-order valence-electron chi connectivity index (χ2n) is 12.6. The van der Waals surface area contributed by atoms with Crippen LogP contribution in [0.5, 0.6) is 0 Å². The normalized spacial score (nSPS) is 12.1. The predicted octanol–water partition coefficient (Wildman–Crippen LogP) is 13.2. The summed E-state index contributed by atoms with van der Waals surface area (Å²) in [5, 5.41) is 10.1. The molecule has 0 aliphatic heterocycles. The largest absolute Gasteiger partial charge is 0.461 e. The lowest BCUT2D eigenvalue weighted by Crippen LogP contribution is -1.83. The molecule has 0 bridgehead atoms. The average molecular weight is 561 g/mol. The molecule has 0 saturated carbocycles. The van der Waals surface area contributed by atoms with Gasteiger partial charge in [0, 0.05) is 23.6 Å². The van der Waals surface area contributed by atoms with Gasteiger partial charge >= 0.3 is 0 Å². The van der Waals surface area contributed by atoms with Crippen LogP contribution in [0.3, 0.4) is 0 Å². The Morgan fingerprint density at radius 1 is 0.381 bits per heavy atom. The van der Waals surface area contributed by atoms with Crippen molar-refractivity contribution in [3.63, 3.8) is 0 Å². The van der Waals surface area contributed by atoms with E-state index in [-0.39, 0.29) is 0 Å². The Kier molecular flexibility index (Phi) is 9.48. The molecule has 0 aliphatic rings. The van der Waals surface area contributed by atoms with E-state index in [0.717, 1.165) is 35.5 Å². The summed E-state index contributed by atoms with van der Waals surface area (Å²) in [6.07, 6.45) is 20.6. The van der Waals surface area contributed by atoms with E-state index in [1.54, 1.807) is 0 Å². The lowest BCUT2D eigenvalue weighted by molar-refractivity contribution is 0.519. The van der Waals surface area contributed by atoms with Crippen molar-refractivity contribution in [2.75, 3.05) is 0 Å². The molecule has 42 heavy (non-hydrogen) atoms. The molecule has 2 aromatic heterocycles. The van der Waals surface area contributed by atoms with Crippen molar-refractivity contribution >= 4 is 54.3 Å². The minimum Gasteiger partial charge on any atom is -0.461 e. The zero-order valence-electron chi connectivity index (χ0n) is 25.9. The summed E-state index contributed by atoms with van der Waals surface area (Å²) >= 11 is 0. The lowest BCUT2D eigenvalue weighted by Gasteiger charge is -2.08. The first kappa shape index (κ1) is 28.8. The number of unbranched alkanes of at least 4 members (excludes halogenated alkanes) is 12. The molecule has 0 atom stereocenters. The minimum atomic E-state index is 1.00. The van der Waals surface area contributed by atoms with E-state index < -0.39 is 0 Å². The highest BCUT2D eigenvalue weighted by Gasteiger charge is 2.12. The lowest BCUT2D eigenvalue weighted by atomic mass is 9.96. The molecule has 4 aromatic carbocycles. The van der Waals surface area contributed by atoms with Crippen LogP contribution in [-0.2, 0) is 12.8 Å². The summed E-state index contributed by atoms with van der Waals surface area (Å²) in [6.45, 7) is 4.56. The Balaban J connectivity index is 1.20. The van der Waals surface area contributed by atoms with Crippen LogP contribution in [-0.4, -0.2) is 0 Å². The second kappa shape index (κ2) is 13.8. The molecule has 2 heterocycles. The number of aryl methyl sites for hydroxylation is 2. The zero-order valence-corrected chi connectivity index (χ0v) is 25.9. The maximum absolute atomic E-state index is 6.37. The third-order valence-electron chi connectivity index (χ3n) is 9.26. The highest BCUT2D eigenvalue weighted by atomic mass is 16.3. The van der Waals surface area contributed by atoms with Crippen LogP contribution in [0.15, 0.2) is 69.5 Å². The Morgan fingerprint density at radius 3 is 1.21 bits per heavy atom. The zero-order chi connectivity index (χ0) is 28.7. The molecule has 0 unspecified atom stereocenters. The molecule has 0 aliphatic carbocycles. The summed E-state index contributed by atoms with van der Waals surface area (Å²) < 4.78 is 12.7. The summed E-state index contributed by atoms with van der Waals surface area (Å²) in [5.74, 6) is 2.24. The number of hydrogen-bond acceptors (Lipinski definition) is 2. The molecule has 6 aromatic rings. The average Bonchev–Trinajstić information content (AvgIpc) is 3.59. The number of fused-ring (bicyclic) bond motifs is 7. The highest BCUT2D eigenvalue weighted by molar-refractivity contribution is 6.20. The quantitative estimate of drug-likeness (QED) is 0.0869. The van der Waals surface area contributed by atoms with E-state index in [1.807, 2.05) is 0 Å². The first-order chi connectivity index (χ1) is 20.7. The molecule has 220 valence electrons. The molecular formula is C40H48O2. The maximum atomic E-state index is 6.37. The van der Waals surface area contributed by atoms with E-state index >= 15 is 0 Å². The van der Waals surface area contributed by atoms with Gasteiger partial charge in [0.1, 0.15) is 22.7 Å². The van der Waals surface area contributed by atoms with Crippen LogP contribution in [0.1, 0.15) is 115 Å². The molecule has 0 saturated heterocycles. The van der Waals surface area contributed by atoms with Crippen molar-refractivity contribution in [2.45, 2.75) is 117 Å². The van der Waals surface area contributed by atoms with Gasteiger partial charge in [-0.15, -0.1) is 0 Å². The van der Waals surface area contributed by atoms with Crippen molar-refractivity contribution in [3.8, 4) is 0 Å². The Hall–Kier alpha value is -3.26. The van der Waals surface area contributed by atoms with Gasteiger partial charge < -0.3 is 8.83 Å². The molecule has 2 heteroatoms. The minimum absolute atomic E-state index is 1.00. The fraction of sp³-hybridized carbons (Fsp3) is 0.450. The van der Waals surface area contributed by atoms with Gasteiger partial charge in [-0.25, -0.2) is 0 Å². The van der Waals surface area contributed by atoms with Crippen molar-refractivity contribution in [1.29, 1.82) is 0 Å². The molecule has 0 spiro atoms. The molecular weight excluding hydrogens is 512 g/mol. The van der Waals surface area contributed by atoms with Gasteiger partial charge in [0.05, 0.1) is 0 Å². The number of benzene rings is 4. The number of rotatable bonds is 16. The van der Waals surface area contributed by atoms with Crippen molar-refractivity contribution in [3.05, 3.63) is 72.2 Å². The summed E-state index contributed by atoms with van der Waals surface area (Å²) in [4.78, 5) is 0. The standard InChI is InChI=1S/C40H48O2/c1-3-5-7-9-11-13-15-17-33-25-31-23-29-19-21-36-35(37(29)27-39(31)41-33)22-20-30-24-32-26-34(42-40(32)28-38(30)36)18-16-14-12-10-8-6-4-2/h19-28H,3-18H2,1-2H3. The smallest absolute Gasteiger partial charge is 0.134 e. The number of furan rings is 2. The van der Waals surface area contributed by atoms with Crippen LogP contribution in [0, 0.1) is 0 Å². The van der Waals surface area contributed by atoms with Gasteiger partial charge in [-0.1, -0.05) is 115 Å². The van der Waals surface area contributed by atoms with E-state index in [1.165, 1.54) is 133 Å². The molecule has 0 amide bonds. The van der Waals surface area contributed by atoms with Crippen LogP contribution in [0.2, 0.25) is 0 Å². The maximum Gasteiger partial charge on any atom is 0.134 e. The van der Waals surface area contributed by atoms with Crippen molar-refractivity contribution < 1.29 is 8.83 Å². The molecule has 2 nitrogen and oxygen atoms in total. The van der Waals surface area contributed by atoms with Gasteiger partial charge in [-0.05, 0) is 81.6 Å². The SMILES string of the molecule is CCCCCCCCCc1cc2cc3ccc4c5cc6oc(CCCCCCCCC)cc6cc5ccc4c3cc2o1. The highest BCUT2D eigenvalue weighted by Crippen LogP contribution is 2.36. The Morgan fingerprint density at radius 2 is 0.786 bits per heavy atom. The molecule has 0 radical (unpaired) electrons. The summed E-state index contributed by atoms with van der Waals surface area (Å²) in [7, 11) is 0. The van der Waals surface area contributed by atoms with Crippen LogP contribution < -0.4 is 0 Å². The monoisotopic (exact) mass is 560 g/mol. The Bertz CT molecular complexity index is 1630. The van der Waals surface area contributed by atoms with E-state index in [0.29, 0.717) is 0 Å². The van der Waals surface area contributed by atoms with Crippen molar-refractivity contribution in [2.24, 2.45) is 0 Å².